The Morgan fingerprint density at radius 2 is 2.39 bits per heavy atom. The van der Waals surface area contributed by atoms with Gasteiger partial charge in [-0.3, -0.25) is 9.69 Å². The lowest BCUT2D eigenvalue weighted by Crippen LogP contribution is -2.65. The molecule has 0 aliphatic carbocycles. The lowest BCUT2D eigenvalue weighted by molar-refractivity contribution is -0.105. The number of nitrogens with zero attached hydrogens (tertiary/aromatic N) is 3. The summed E-state index contributed by atoms with van der Waals surface area (Å²) >= 11 is 0. The SMILES string of the molecule is COc1nc(C)ncc1C(=O)NC[C@]1(CO)COC[C@@H](C)N1C. The van der Waals surface area contributed by atoms with Gasteiger partial charge < -0.3 is 19.9 Å². The summed E-state index contributed by atoms with van der Waals surface area (Å²) in [6.07, 6.45) is 1.44. The molecule has 0 spiro atoms. The predicted octanol–water partition coefficient (Wildman–Crippen LogP) is -0.395. The normalized spacial score (nSPS) is 25.2. The van der Waals surface area contributed by atoms with Crippen LogP contribution in [0.1, 0.15) is 23.1 Å². The minimum atomic E-state index is -0.647. The Bertz CT molecular complexity index is 568. The minimum absolute atomic E-state index is 0.115. The first-order chi connectivity index (χ1) is 10.9. The number of aromatic nitrogens is 2. The third kappa shape index (κ3) is 3.60. The molecule has 0 saturated carbocycles. The summed E-state index contributed by atoms with van der Waals surface area (Å²) in [7, 11) is 3.38. The van der Waals surface area contributed by atoms with Crippen LogP contribution in [0.25, 0.3) is 0 Å². The number of aliphatic hydroxyl groups excluding tert-OH is 1. The maximum atomic E-state index is 12.4. The van der Waals surface area contributed by atoms with Crippen LogP contribution in [0.3, 0.4) is 0 Å². The van der Waals surface area contributed by atoms with Crippen molar-refractivity contribution >= 4 is 5.91 Å². The first-order valence-corrected chi connectivity index (χ1v) is 7.51. The molecule has 1 aromatic rings. The molecule has 1 amide bonds. The number of likely N-dealkylation sites (N-methyl/N-ethyl adjacent to an activating group) is 1. The van der Waals surface area contributed by atoms with Crippen LogP contribution >= 0.6 is 0 Å². The summed E-state index contributed by atoms with van der Waals surface area (Å²) in [6.45, 7) is 4.83. The Morgan fingerprint density at radius 3 is 3.04 bits per heavy atom. The van der Waals surface area contributed by atoms with E-state index in [2.05, 4.69) is 15.3 Å². The topological polar surface area (TPSA) is 96.8 Å². The standard InChI is InChI=1S/C15H24N4O4/c1-10-6-23-9-15(8-20,19(10)3)7-17-13(21)12-5-16-11(2)18-14(12)22-4/h5,10,20H,6-9H2,1-4H3,(H,17,21)/t10-,15+/m1/s1. The van der Waals surface area contributed by atoms with Gasteiger partial charge in [-0.05, 0) is 20.9 Å². The molecule has 128 valence electrons. The average Bonchev–Trinajstić information content (AvgIpc) is 2.56. The molecule has 0 unspecified atom stereocenters. The van der Waals surface area contributed by atoms with Gasteiger partial charge in [0, 0.05) is 18.8 Å². The molecule has 23 heavy (non-hydrogen) atoms. The summed E-state index contributed by atoms with van der Waals surface area (Å²) in [4.78, 5) is 22.6. The zero-order chi connectivity index (χ0) is 17.0. The van der Waals surface area contributed by atoms with E-state index in [0.717, 1.165) is 0 Å². The third-order valence-electron chi connectivity index (χ3n) is 4.32. The first kappa shape index (κ1) is 17.6. The summed E-state index contributed by atoms with van der Waals surface area (Å²) in [5, 5.41) is 12.7. The van der Waals surface area contributed by atoms with Crippen molar-refractivity contribution in [3.63, 3.8) is 0 Å². The molecule has 2 N–H and O–H groups in total. The molecule has 1 aliphatic rings. The molecule has 0 bridgehead atoms. The van der Waals surface area contributed by atoms with Crippen LogP contribution in [-0.4, -0.2) is 78.0 Å². The van der Waals surface area contributed by atoms with E-state index in [0.29, 0.717) is 19.0 Å². The number of rotatable bonds is 5. The van der Waals surface area contributed by atoms with Crippen LogP contribution in [0, 0.1) is 6.92 Å². The van der Waals surface area contributed by atoms with E-state index in [4.69, 9.17) is 9.47 Å². The zero-order valence-corrected chi connectivity index (χ0v) is 14.0. The van der Waals surface area contributed by atoms with Crippen LogP contribution in [0.5, 0.6) is 5.88 Å². The van der Waals surface area contributed by atoms with Gasteiger partial charge in [-0.1, -0.05) is 0 Å². The van der Waals surface area contributed by atoms with Crippen LogP contribution in [-0.2, 0) is 4.74 Å². The van der Waals surface area contributed by atoms with E-state index in [1.165, 1.54) is 13.3 Å². The quantitative estimate of drug-likeness (QED) is 0.761. The second-order valence-corrected chi connectivity index (χ2v) is 5.88. The Hall–Kier alpha value is -1.77. The average molecular weight is 324 g/mol. The molecule has 0 radical (unpaired) electrons. The van der Waals surface area contributed by atoms with Crippen LogP contribution in [0.2, 0.25) is 0 Å². The molecule has 2 atom stereocenters. The van der Waals surface area contributed by atoms with Crippen molar-refractivity contribution in [3.8, 4) is 5.88 Å². The van der Waals surface area contributed by atoms with Crippen LogP contribution in [0.15, 0.2) is 6.20 Å². The van der Waals surface area contributed by atoms with Crippen molar-refractivity contribution in [2.75, 3.05) is 40.5 Å². The fourth-order valence-electron chi connectivity index (χ4n) is 2.59. The summed E-state index contributed by atoms with van der Waals surface area (Å²) < 4.78 is 10.7. The second-order valence-electron chi connectivity index (χ2n) is 5.88. The van der Waals surface area contributed by atoms with E-state index in [-0.39, 0.29) is 36.5 Å². The van der Waals surface area contributed by atoms with Crippen molar-refractivity contribution in [1.29, 1.82) is 0 Å². The third-order valence-corrected chi connectivity index (χ3v) is 4.32. The molecular weight excluding hydrogens is 300 g/mol. The highest BCUT2D eigenvalue weighted by molar-refractivity contribution is 5.96. The van der Waals surface area contributed by atoms with Crippen molar-refractivity contribution in [2.24, 2.45) is 0 Å². The minimum Gasteiger partial charge on any atom is -0.480 e. The molecule has 1 fully saturated rings. The molecule has 8 heteroatoms. The summed E-state index contributed by atoms with van der Waals surface area (Å²) in [5.41, 5.74) is -0.384. The number of aliphatic hydroxyl groups is 1. The number of nitrogens with one attached hydrogen (secondary N) is 1. The fourth-order valence-corrected chi connectivity index (χ4v) is 2.59. The van der Waals surface area contributed by atoms with Crippen LogP contribution < -0.4 is 10.1 Å². The Balaban J connectivity index is 2.11. The van der Waals surface area contributed by atoms with E-state index >= 15 is 0 Å². The van der Waals surface area contributed by atoms with Gasteiger partial charge in [-0.25, -0.2) is 4.98 Å². The highest BCUT2D eigenvalue weighted by atomic mass is 16.5. The van der Waals surface area contributed by atoms with Crippen LogP contribution in [0.4, 0.5) is 0 Å². The Kier molecular flexibility index (Phi) is 5.51. The Labute approximate surface area is 135 Å². The number of ether oxygens (including phenoxy) is 2. The van der Waals surface area contributed by atoms with Gasteiger partial charge in [0.15, 0.2) is 0 Å². The smallest absolute Gasteiger partial charge is 0.258 e. The van der Waals surface area contributed by atoms with E-state index in [1.807, 2.05) is 18.9 Å². The van der Waals surface area contributed by atoms with Gasteiger partial charge >= 0.3 is 0 Å². The number of carbonyl (C=O) groups excluding carboxylic acids is 1. The van der Waals surface area contributed by atoms with Crippen molar-refractivity contribution in [3.05, 3.63) is 17.6 Å². The fraction of sp³-hybridized carbons (Fsp3) is 0.667. The van der Waals surface area contributed by atoms with Gasteiger partial charge in [0.2, 0.25) is 5.88 Å². The number of carbonyl (C=O) groups is 1. The lowest BCUT2D eigenvalue weighted by atomic mass is 9.96. The number of hydrogen-bond donors (Lipinski definition) is 2. The Morgan fingerprint density at radius 1 is 1.65 bits per heavy atom. The number of aryl methyl sites for hydroxylation is 1. The molecule has 0 aromatic carbocycles. The molecule has 1 saturated heterocycles. The predicted molar refractivity (Wildman–Crippen MR) is 83.5 cm³/mol. The maximum absolute atomic E-state index is 12.4. The molecule has 2 heterocycles. The van der Waals surface area contributed by atoms with Crippen molar-refractivity contribution < 1.29 is 19.4 Å². The van der Waals surface area contributed by atoms with Gasteiger partial charge in [0.05, 0.1) is 32.5 Å². The first-order valence-electron chi connectivity index (χ1n) is 7.51. The molecule has 2 rings (SSSR count). The van der Waals surface area contributed by atoms with Gasteiger partial charge in [-0.2, -0.15) is 4.98 Å². The molecule has 1 aromatic heterocycles. The second kappa shape index (κ2) is 7.20. The number of hydrogen-bond acceptors (Lipinski definition) is 7. The molecule has 1 aliphatic heterocycles. The monoisotopic (exact) mass is 324 g/mol. The highest BCUT2D eigenvalue weighted by Gasteiger charge is 2.40. The van der Waals surface area contributed by atoms with Crippen molar-refractivity contribution in [1.82, 2.24) is 20.2 Å². The van der Waals surface area contributed by atoms with Gasteiger partial charge in [0.1, 0.15) is 11.4 Å². The van der Waals surface area contributed by atoms with Crippen molar-refractivity contribution in [2.45, 2.75) is 25.4 Å². The summed E-state index contributed by atoms with van der Waals surface area (Å²) in [5.74, 6) is 0.412. The highest BCUT2D eigenvalue weighted by Crippen LogP contribution is 2.22. The largest absolute Gasteiger partial charge is 0.480 e. The number of amides is 1. The lowest BCUT2D eigenvalue weighted by Gasteiger charge is -2.47. The van der Waals surface area contributed by atoms with E-state index in [9.17, 15) is 9.90 Å². The summed E-state index contributed by atoms with van der Waals surface area (Å²) in [6, 6.07) is 0.157. The number of methoxy groups -OCH3 is 1. The maximum Gasteiger partial charge on any atom is 0.258 e. The van der Waals surface area contributed by atoms with E-state index < -0.39 is 5.54 Å². The van der Waals surface area contributed by atoms with Gasteiger partial charge in [-0.15, -0.1) is 0 Å². The van der Waals surface area contributed by atoms with Gasteiger partial charge in [0.25, 0.3) is 5.91 Å². The van der Waals surface area contributed by atoms with E-state index in [1.54, 1.807) is 6.92 Å². The molecular formula is C15H24N4O4. The zero-order valence-electron chi connectivity index (χ0n) is 14.0. The molecule has 8 nitrogen and oxygen atoms in total. The number of morpholine rings is 1.